The maximum Gasteiger partial charge on any atom is 0.251 e. The summed E-state index contributed by atoms with van der Waals surface area (Å²) >= 11 is 1.73. The summed E-state index contributed by atoms with van der Waals surface area (Å²) in [5, 5.41) is 5.19. The van der Waals surface area contributed by atoms with Gasteiger partial charge in [-0.05, 0) is 36.1 Å². The van der Waals surface area contributed by atoms with Gasteiger partial charge in [0, 0.05) is 30.1 Å². The van der Waals surface area contributed by atoms with E-state index < -0.39 is 0 Å². The molecule has 1 amide bonds. The topological polar surface area (TPSA) is 50.8 Å². The summed E-state index contributed by atoms with van der Waals surface area (Å²) in [6.07, 6.45) is 2.10. The highest BCUT2D eigenvalue weighted by Crippen LogP contribution is 2.25. The summed E-state index contributed by atoms with van der Waals surface area (Å²) in [6, 6.07) is 11.8. The fourth-order valence-corrected chi connectivity index (χ4v) is 3.99. The summed E-state index contributed by atoms with van der Waals surface area (Å²) in [7, 11) is 0. The van der Waals surface area contributed by atoms with Crippen molar-refractivity contribution < 1.29 is 14.3 Å². The molecule has 2 aromatic rings. The third-order valence-corrected chi connectivity index (χ3v) is 5.65. The van der Waals surface area contributed by atoms with Crippen molar-refractivity contribution in [3.63, 3.8) is 0 Å². The average Bonchev–Trinajstić information content (AvgIpc) is 3.24. The number of thiophene rings is 1. The van der Waals surface area contributed by atoms with E-state index in [-0.39, 0.29) is 11.9 Å². The van der Waals surface area contributed by atoms with Crippen molar-refractivity contribution in [1.29, 1.82) is 0 Å². The number of amides is 1. The van der Waals surface area contributed by atoms with Gasteiger partial charge in [0.05, 0.1) is 25.9 Å². The summed E-state index contributed by atoms with van der Waals surface area (Å²) in [5.41, 5.74) is 0.635. The van der Waals surface area contributed by atoms with E-state index in [1.165, 1.54) is 4.88 Å². The third kappa shape index (κ3) is 5.79. The zero-order valence-electron chi connectivity index (χ0n) is 15.9. The molecule has 1 atom stereocenters. The lowest BCUT2D eigenvalue weighted by atomic mass is 10.1. The number of nitrogens with zero attached hydrogens (tertiary/aromatic N) is 1. The van der Waals surface area contributed by atoms with E-state index in [0.29, 0.717) is 18.7 Å². The van der Waals surface area contributed by atoms with Crippen LogP contribution in [0.25, 0.3) is 0 Å². The van der Waals surface area contributed by atoms with Crippen molar-refractivity contribution in [3.05, 3.63) is 52.2 Å². The SMILES string of the molecule is CCCCOc1cccc(C(=O)NC[C@H](c2cccs2)N2CCOCC2)c1. The van der Waals surface area contributed by atoms with Gasteiger partial charge in [-0.3, -0.25) is 9.69 Å². The van der Waals surface area contributed by atoms with E-state index in [1.807, 2.05) is 24.3 Å². The molecule has 6 heteroatoms. The highest BCUT2D eigenvalue weighted by molar-refractivity contribution is 7.10. The Morgan fingerprint density at radius 2 is 2.15 bits per heavy atom. The predicted octanol–water partition coefficient (Wildman–Crippen LogP) is 3.73. The lowest BCUT2D eigenvalue weighted by molar-refractivity contribution is 0.0169. The van der Waals surface area contributed by atoms with Crippen LogP contribution in [0.5, 0.6) is 5.75 Å². The van der Waals surface area contributed by atoms with E-state index in [2.05, 4.69) is 34.7 Å². The number of unbranched alkanes of at least 4 members (excludes halogenated alkanes) is 1. The fraction of sp³-hybridized carbons (Fsp3) is 0.476. The lowest BCUT2D eigenvalue weighted by Crippen LogP contribution is -2.43. The van der Waals surface area contributed by atoms with E-state index in [9.17, 15) is 4.79 Å². The molecule has 1 saturated heterocycles. The first-order valence-electron chi connectivity index (χ1n) is 9.64. The predicted molar refractivity (Wildman–Crippen MR) is 109 cm³/mol. The van der Waals surface area contributed by atoms with Gasteiger partial charge in [0.2, 0.25) is 0 Å². The number of ether oxygens (including phenoxy) is 2. The smallest absolute Gasteiger partial charge is 0.251 e. The van der Waals surface area contributed by atoms with Gasteiger partial charge < -0.3 is 14.8 Å². The molecule has 1 N–H and O–H groups in total. The number of benzene rings is 1. The number of hydrogen-bond acceptors (Lipinski definition) is 5. The van der Waals surface area contributed by atoms with Crippen LogP contribution < -0.4 is 10.1 Å². The van der Waals surface area contributed by atoms with Gasteiger partial charge in [0.15, 0.2) is 0 Å². The van der Waals surface area contributed by atoms with Gasteiger partial charge in [-0.15, -0.1) is 11.3 Å². The Bertz CT molecular complexity index is 699. The molecule has 1 fully saturated rings. The number of carbonyl (C=O) groups excluding carboxylic acids is 1. The minimum absolute atomic E-state index is 0.0641. The second-order valence-electron chi connectivity index (χ2n) is 6.62. The normalized spacial score (nSPS) is 16.0. The van der Waals surface area contributed by atoms with E-state index in [4.69, 9.17) is 9.47 Å². The minimum atomic E-state index is -0.0641. The van der Waals surface area contributed by atoms with Gasteiger partial charge in [-0.25, -0.2) is 0 Å². The molecule has 0 radical (unpaired) electrons. The molecular formula is C21H28N2O3S. The van der Waals surface area contributed by atoms with Crippen molar-refractivity contribution in [2.75, 3.05) is 39.5 Å². The van der Waals surface area contributed by atoms with Crippen molar-refractivity contribution in [3.8, 4) is 5.75 Å². The van der Waals surface area contributed by atoms with E-state index >= 15 is 0 Å². The molecule has 0 aliphatic carbocycles. The molecule has 1 aliphatic rings. The van der Waals surface area contributed by atoms with Crippen molar-refractivity contribution in [2.24, 2.45) is 0 Å². The van der Waals surface area contributed by atoms with Gasteiger partial charge in [-0.1, -0.05) is 25.5 Å². The van der Waals surface area contributed by atoms with Crippen molar-refractivity contribution in [2.45, 2.75) is 25.8 Å². The molecule has 0 spiro atoms. The Hall–Kier alpha value is -1.89. The van der Waals surface area contributed by atoms with Gasteiger partial charge in [-0.2, -0.15) is 0 Å². The van der Waals surface area contributed by atoms with Gasteiger partial charge in [0.1, 0.15) is 5.75 Å². The van der Waals surface area contributed by atoms with Crippen LogP contribution in [-0.2, 0) is 4.74 Å². The summed E-state index contributed by atoms with van der Waals surface area (Å²) in [5.74, 6) is 0.685. The first-order valence-corrected chi connectivity index (χ1v) is 10.5. The maximum absolute atomic E-state index is 12.7. The van der Waals surface area contributed by atoms with Gasteiger partial charge >= 0.3 is 0 Å². The highest BCUT2D eigenvalue weighted by atomic mass is 32.1. The highest BCUT2D eigenvalue weighted by Gasteiger charge is 2.24. The van der Waals surface area contributed by atoms with Crippen LogP contribution in [0, 0.1) is 0 Å². The standard InChI is InChI=1S/C21H28N2O3S/c1-2-3-11-26-18-7-4-6-17(15-18)21(24)22-16-19(20-8-5-14-27-20)23-9-12-25-13-10-23/h4-8,14-15,19H,2-3,9-13,16H2,1H3,(H,22,24)/t19-/m1/s1. The van der Waals surface area contributed by atoms with Crippen LogP contribution in [0.4, 0.5) is 0 Å². The molecular weight excluding hydrogens is 360 g/mol. The zero-order chi connectivity index (χ0) is 18.9. The Labute approximate surface area is 165 Å². The van der Waals surface area contributed by atoms with Gasteiger partial charge in [0.25, 0.3) is 5.91 Å². The summed E-state index contributed by atoms with van der Waals surface area (Å²) < 4.78 is 11.2. The Kier molecular flexibility index (Phi) is 7.68. The number of hydrogen-bond donors (Lipinski definition) is 1. The largest absolute Gasteiger partial charge is 0.494 e. The second-order valence-corrected chi connectivity index (χ2v) is 7.60. The first kappa shape index (κ1) is 19.9. The van der Waals surface area contributed by atoms with Crippen LogP contribution in [-0.4, -0.2) is 50.3 Å². The summed E-state index contributed by atoms with van der Waals surface area (Å²) in [6.45, 7) is 6.66. The monoisotopic (exact) mass is 388 g/mol. The number of morpholine rings is 1. The maximum atomic E-state index is 12.7. The van der Waals surface area contributed by atoms with Crippen LogP contribution in [0.15, 0.2) is 41.8 Å². The molecule has 1 aromatic heterocycles. The average molecular weight is 389 g/mol. The second kappa shape index (κ2) is 10.4. The molecule has 3 rings (SSSR count). The zero-order valence-corrected chi connectivity index (χ0v) is 16.7. The lowest BCUT2D eigenvalue weighted by Gasteiger charge is -2.34. The Morgan fingerprint density at radius 3 is 2.89 bits per heavy atom. The van der Waals surface area contributed by atoms with Crippen LogP contribution in [0.1, 0.15) is 41.0 Å². The number of nitrogens with one attached hydrogen (secondary N) is 1. The van der Waals surface area contributed by atoms with Crippen molar-refractivity contribution in [1.82, 2.24) is 10.2 Å². The molecule has 1 aromatic carbocycles. The van der Waals surface area contributed by atoms with Crippen LogP contribution >= 0.6 is 11.3 Å². The first-order chi connectivity index (χ1) is 13.3. The van der Waals surface area contributed by atoms with Crippen molar-refractivity contribution >= 4 is 17.2 Å². The third-order valence-electron chi connectivity index (χ3n) is 4.68. The number of carbonyl (C=O) groups is 1. The molecule has 0 saturated carbocycles. The van der Waals surface area contributed by atoms with E-state index in [0.717, 1.165) is 44.9 Å². The molecule has 0 bridgehead atoms. The molecule has 1 aliphatic heterocycles. The minimum Gasteiger partial charge on any atom is -0.494 e. The Balaban J connectivity index is 1.61. The Morgan fingerprint density at radius 1 is 1.30 bits per heavy atom. The molecule has 146 valence electrons. The quantitative estimate of drug-likeness (QED) is 0.665. The van der Waals surface area contributed by atoms with Crippen LogP contribution in [0.2, 0.25) is 0 Å². The van der Waals surface area contributed by atoms with Crippen LogP contribution in [0.3, 0.4) is 0 Å². The molecule has 2 heterocycles. The molecule has 5 nitrogen and oxygen atoms in total. The number of rotatable bonds is 9. The summed E-state index contributed by atoms with van der Waals surface area (Å²) in [4.78, 5) is 16.3. The fourth-order valence-electron chi connectivity index (χ4n) is 3.13. The molecule has 27 heavy (non-hydrogen) atoms. The van der Waals surface area contributed by atoms with E-state index in [1.54, 1.807) is 11.3 Å². The molecule has 0 unspecified atom stereocenters.